The molecule has 12 heteroatoms. The number of nitrogens with zero attached hydrogens (tertiary/aromatic N) is 5. The van der Waals surface area contributed by atoms with E-state index in [1.165, 1.54) is 7.11 Å². The van der Waals surface area contributed by atoms with Crippen LogP contribution in [0.3, 0.4) is 0 Å². The number of aryl methyl sites for hydroxylation is 1. The molecular formula is C21H18ClF3N6O2. The molecule has 3 aromatic heterocycles. The summed E-state index contributed by atoms with van der Waals surface area (Å²) in [4.78, 5) is 17.0. The van der Waals surface area contributed by atoms with Crippen LogP contribution < -0.4 is 10.1 Å². The first kappa shape index (κ1) is 22.6. The third-order valence-corrected chi connectivity index (χ3v) is 5.53. The number of carbonyl (C=O) groups is 1. The Labute approximate surface area is 190 Å². The molecule has 3 heterocycles. The second-order valence-corrected chi connectivity index (χ2v) is 7.59. The van der Waals surface area contributed by atoms with Crippen LogP contribution in [0, 0.1) is 6.92 Å². The van der Waals surface area contributed by atoms with E-state index >= 15 is 0 Å². The monoisotopic (exact) mass is 478 g/mol. The molecule has 0 atom stereocenters. The lowest BCUT2D eigenvalue weighted by molar-refractivity contribution is -0.142. The Balaban J connectivity index is 1.77. The van der Waals surface area contributed by atoms with Crippen LogP contribution in [0.1, 0.15) is 27.4 Å². The number of benzene rings is 1. The fraction of sp³-hybridized carbons (Fsp3) is 0.238. The van der Waals surface area contributed by atoms with E-state index in [1.807, 2.05) is 6.92 Å². The molecule has 4 aromatic rings. The summed E-state index contributed by atoms with van der Waals surface area (Å²) in [5.74, 6) is -0.280. The predicted octanol–water partition coefficient (Wildman–Crippen LogP) is 4.05. The summed E-state index contributed by atoms with van der Waals surface area (Å²) in [6, 6.07) is 7.28. The van der Waals surface area contributed by atoms with Crippen molar-refractivity contribution in [3.05, 3.63) is 64.2 Å². The summed E-state index contributed by atoms with van der Waals surface area (Å²) >= 11 is 6.29. The minimum absolute atomic E-state index is 0.00784. The predicted molar refractivity (Wildman–Crippen MR) is 114 cm³/mol. The highest BCUT2D eigenvalue weighted by atomic mass is 35.5. The molecule has 8 nitrogen and oxygen atoms in total. The van der Waals surface area contributed by atoms with E-state index in [0.29, 0.717) is 15.8 Å². The molecular weight excluding hydrogens is 461 g/mol. The van der Waals surface area contributed by atoms with Gasteiger partial charge in [-0.25, -0.2) is 9.50 Å². The summed E-state index contributed by atoms with van der Waals surface area (Å²) in [5.41, 5.74) is 0.215. The SMILES string of the molecule is COc1cccc(-c2cc(C(F)(F)F)n3nc(C(=O)NCc4cnn(C)c4C)c(Cl)c3n2)c1. The number of alkyl halides is 3. The average molecular weight is 479 g/mol. The van der Waals surface area contributed by atoms with Gasteiger partial charge in [0.1, 0.15) is 10.8 Å². The molecule has 0 radical (unpaired) electrons. The van der Waals surface area contributed by atoms with Crippen LogP contribution in [-0.4, -0.2) is 37.4 Å². The van der Waals surface area contributed by atoms with Crippen LogP contribution in [0.4, 0.5) is 13.2 Å². The molecule has 0 bridgehead atoms. The largest absolute Gasteiger partial charge is 0.497 e. The summed E-state index contributed by atoms with van der Waals surface area (Å²) < 4.78 is 48.9. The smallest absolute Gasteiger partial charge is 0.433 e. The summed E-state index contributed by atoms with van der Waals surface area (Å²) in [5, 5.41) is 10.2. The maximum absolute atomic E-state index is 13.9. The van der Waals surface area contributed by atoms with Gasteiger partial charge in [0.05, 0.1) is 19.0 Å². The van der Waals surface area contributed by atoms with Crippen molar-refractivity contribution < 1.29 is 22.7 Å². The Kier molecular flexibility index (Phi) is 5.75. The first-order valence-electron chi connectivity index (χ1n) is 9.66. The van der Waals surface area contributed by atoms with Crippen molar-refractivity contribution in [1.82, 2.24) is 29.7 Å². The van der Waals surface area contributed by atoms with E-state index in [2.05, 4.69) is 20.5 Å². The van der Waals surface area contributed by atoms with Crippen molar-refractivity contribution in [2.24, 2.45) is 7.05 Å². The highest BCUT2D eigenvalue weighted by Crippen LogP contribution is 2.35. The van der Waals surface area contributed by atoms with E-state index < -0.39 is 17.8 Å². The van der Waals surface area contributed by atoms with E-state index in [9.17, 15) is 18.0 Å². The van der Waals surface area contributed by atoms with Gasteiger partial charge in [-0.15, -0.1) is 0 Å². The number of ether oxygens (including phenoxy) is 1. The second kappa shape index (κ2) is 8.39. The Morgan fingerprint density at radius 1 is 1.27 bits per heavy atom. The van der Waals surface area contributed by atoms with Crippen LogP contribution in [0.2, 0.25) is 5.02 Å². The highest BCUT2D eigenvalue weighted by molar-refractivity contribution is 6.36. The minimum Gasteiger partial charge on any atom is -0.497 e. The maximum Gasteiger partial charge on any atom is 0.433 e. The second-order valence-electron chi connectivity index (χ2n) is 7.22. The van der Waals surface area contributed by atoms with Crippen LogP contribution >= 0.6 is 11.6 Å². The van der Waals surface area contributed by atoms with Gasteiger partial charge in [-0.2, -0.15) is 23.4 Å². The molecule has 0 fully saturated rings. The number of nitrogens with one attached hydrogen (secondary N) is 1. The molecule has 172 valence electrons. The van der Waals surface area contributed by atoms with E-state index in [0.717, 1.165) is 17.3 Å². The minimum atomic E-state index is -4.77. The van der Waals surface area contributed by atoms with Crippen molar-refractivity contribution in [3.8, 4) is 17.0 Å². The van der Waals surface area contributed by atoms with Crippen LogP contribution in [0.25, 0.3) is 16.9 Å². The molecule has 0 aliphatic carbocycles. The Bertz CT molecular complexity index is 1360. The van der Waals surface area contributed by atoms with Gasteiger partial charge in [0.15, 0.2) is 17.0 Å². The van der Waals surface area contributed by atoms with E-state index in [-0.39, 0.29) is 28.6 Å². The number of aromatic nitrogens is 5. The summed E-state index contributed by atoms with van der Waals surface area (Å²) in [6.45, 7) is 1.93. The van der Waals surface area contributed by atoms with Crippen LogP contribution in [-0.2, 0) is 19.8 Å². The zero-order valence-corrected chi connectivity index (χ0v) is 18.5. The molecule has 1 N–H and O–H groups in total. The molecule has 0 spiro atoms. The number of fused-ring (bicyclic) bond motifs is 1. The van der Waals surface area contributed by atoms with Gasteiger partial charge in [-0.1, -0.05) is 23.7 Å². The third-order valence-electron chi connectivity index (χ3n) is 5.18. The Hall–Kier alpha value is -3.60. The Morgan fingerprint density at radius 3 is 2.67 bits per heavy atom. The molecule has 1 amide bonds. The number of halogens is 4. The van der Waals surface area contributed by atoms with Crippen molar-refractivity contribution in [2.45, 2.75) is 19.6 Å². The number of hydrogen-bond acceptors (Lipinski definition) is 5. The summed E-state index contributed by atoms with van der Waals surface area (Å²) in [7, 11) is 3.20. The van der Waals surface area contributed by atoms with Crippen molar-refractivity contribution >= 4 is 23.2 Å². The average Bonchev–Trinajstić information content (AvgIpc) is 3.29. The molecule has 33 heavy (non-hydrogen) atoms. The van der Waals surface area contributed by atoms with Gasteiger partial charge in [-0.05, 0) is 25.1 Å². The quantitative estimate of drug-likeness (QED) is 0.467. The topological polar surface area (TPSA) is 86.3 Å². The van der Waals surface area contributed by atoms with Gasteiger partial charge < -0.3 is 10.1 Å². The molecule has 4 rings (SSSR count). The van der Waals surface area contributed by atoms with Gasteiger partial charge >= 0.3 is 6.18 Å². The van der Waals surface area contributed by atoms with Gasteiger partial charge in [-0.3, -0.25) is 9.48 Å². The number of amides is 1. The van der Waals surface area contributed by atoms with Gasteiger partial charge in [0.25, 0.3) is 5.91 Å². The molecule has 0 unspecified atom stereocenters. The standard InChI is InChI=1S/C21H18ClF3N6O2/c1-11-13(10-27-30(11)2)9-26-20(32)18-17(22)19-28-15(12-5-4-6-14(7-12)33-3)8-16(21(23,24)25)31(19)29-18/h4-8,10H,9H2,1-3H3,(H,26,32). The normalized spacial score (nSPS) is 11.7. The first-order valence-corrected chi connectivity index (χ1v) is 10.0. The fourth-order valence-electron chi connectivity index (χ4n) is 3.25. The lowest BCUT2D eigenvalue weighted by atomic mass is 10.1. The zero-order chi connectivity index (χ0) is 23.9. The van der Waals surface area contributed by atoms with Gasteiger partial charge in [0.2, 0.25) is 0 Å². The van der Waals surface area contributed by atoms with Crippen molar-refractivity contribution in [2.75, 3.05) is 7.11 Å². The van der Waals surface area contributed by atoms with Gasteiger partial charge in [0, 0.05) is 30.4 Å². The molecule has 0 saturated heterocycles. The van der Waals surface area contributed by atoms with Crippen LogP contribution in [0.5, 0.6) is 5.75 Å². The molecule has 0 aliphatic heterocycles. The molecule has 0 aliphatic rings. The highest BCUT2D eigenvalue weighted by Gasteiger charge is 2.36. The van der Waals surface area contributed by atoms with Crippen molar-refractivity contribution in [1.29, 1.82) is 0 Å². The lowest BCUT2D eigenvalue weighted by Crippen LogP contribution is -2.24. The Morgan fingerprint density at radius 2 is 2.03 bits per heavy atom. The van der Waals surface area contributed by atoms with Crippen molar-refractivity contribution in [3.63, 3.8) is 0 Å². The fourth-order valence-corrected chi connectivity index (χ4v) is 3.49. The van der Waals surface area contributed by atoms with E-state index in [4.69, 9.17) is 16.3 Å². The zero-order valence-electron chi connectivity index (χ0n) is 17.7. The lowest BCUT2D eigenvalue weighted by Gasteiger charge is -2.11. The number of methoxy groups -OCH3 is 1. The number of carbonyl (C=O) groups excluding carboxylic acids is 1. The number of hydrogen-bond donors (Lipinski definition) is 1. The molecule has 0 saturated carbocycles. The van der Waals surface area contributed by atoms with E-state index in [1.54, 1.807) is 42.2 Å². The molecule has 1 aromatic carbocycles. The van der Waals surface area contributed by atoms with Crippen LogP contribution in [0.15, 0.2) is 36.5 Å². The maximum atomic E-state index is 13.9. The third kappa shape index (κ3) is 4.23. The number of rotatable bonds is 5. The first-order chi connectivity index (χ1) is 15.6. The summed E-state index contributed by atoms with van der Waals surface area (Å²) in [6.07, 6.45) is -3.19.